The summed E-state index contributed by atoms with van der Waals surface area (Å²) in [5.41, 5.74) is 2.66. The first kappa shape index (κ1) is 25.1. The first-order valence-electron chi connectivity index (χ1n) is 11.2. The molecular formula is C27H34N2O5. The highest BCUT2D eigenvalue weighted by Crippen LogP contribution is 2.39. The van der Waals surface area contributed by atoms with Gasteiger partial charge < -0.3 is 18.9 Å². The average molecular weight is 467 g/mol. The van der Waals surface area contributed by atoms with Crippen LogP contribution in [0.5, 0.6) is 11.5 Å². The first-order chi connectivity index (χ1) is 15.9. The molecule has 2 aromatic rings. The van der Waals surface area contributed by atoms with Crippen LogP contribution in [0.15, 0.2) is 47.6 Å². The molecule has 0 aliphatic carbocycles. The number of benzene rings is 2. The van der Waals surface area contributed by atoms with E-state index in [0.717, 1.165) is 22.3 Å². The van der Waals surface area contributed by atoms with E-state index in [2.05, 4.69) is 0 Å². The van der Waals surface area contributed by atoms with Gasteiger partial charge in [-0.15, -0.1) is 0 Å². The fourth-order valence-electron chi connectivity index (χ4n) is 3.48. The lowest BCUT2D eigenvalue weighted by atomic mass is 9.94. The highest BCUT2D eigenvalue weighted by atomic mass is 16.6. The molecule has 2 aromatic carbocycles. The Labute approximate surface area is 202 Å². The number of carbonyl (C=O) groups excluding carboxylic acids is 1. The Bertz CT molecular complexity index is 1110. The van der Waals surface area contributed by atoms with Gasteiger partial charge >= 0.3 is 6.09 Å². The predicted molar refractivity (Wildman–Crippen MR) is 135 cm³/mol. The highest BCUT2D eigenvalue weighted by Gasteiger charge is 2.30. The molecule has 0 spiro atoms. The topological polar surface area (TPSA) is 69.6 Å². The van der Waals surface area contributed by atoms with Gasteiger partial charge in [-0.25, -0.2) is 9.79 Å². The Morgan fingerprint density at radius 2 is 1.68 bits per heavy atom. The van der Waals surface area contributed by atoms with Crippen LogP contribution in [0, 0.1) is 0 Å². The summed E-state index contributed by atoms with van der Waals surface area (Å²) in [4.78, 5) is 18.6. The molecule has 7 nitrogen and oxygen atoms in total. The van der Waals surface area contributed by atoms with Crippen molar-refractivity contribution in [2.24, 2.45) is 4.99 Å². The maximum absolute atomic E-state index is 12.4. The Morgan fingerprint density at radius 1 is 1.06 bits per heavy atom. The van der Waals surface area contributed by atoms with E-state index in [-0.39, 0.29) is 5.54 Å². The zero-order valence-corrected chi connectivity index (χ0v) is 21.3. The third-order valence-electron chi connectivity index (χ3n) is 5.13. The lowest BCUT2D eigenvalue weighted by molar-refractivity contribution is 0.0373. The number of rotatable bonds is 6. The standard InChI is InChI=1S/C27H34N2O5/c1-26(2,3)34-25(30)29(6)14-13-18-11-9-10-12-19(18)20-15-22(31-7)23(32-8)16-21(20)24-28-27(4,5)17-33-24/h9-16H,17H2,1-8H3/b14-13+. The normalized spacial score (nSPS) is 15.0. The van der Waals surface area contributed by atoms with Gasteiger partial charge in [0.1, 0.15) is 12.2 Å². The summed E-state index contributed by atoms with van der Waals surface area (Å²) in [6, 6.07) is 11.7. The highest BCUT2D eigenvalue weighted by molar-refractivity contribution is 6.03. The number of methoxy groups -OCH3 is 2. The Hall–Kier alpha value is -3.48. The van der Waals surface area contributed by atoms with Crippen LogP contribution in [0.25, 0.3) is 17.2 Å². The molecule has 0 radical (unpaired) electrons. The maximum atomic E-state index is 12.4. The number of carbonyl (C=O) groups is 1. The number of aliphatic imine (C=N–C) groups is 1. The van der Waals surface area contributed by atoms with Gasteiger partial charge in [0.2, 0.25) is 5.90 Å². The van der Waals surface area contributed by atoms with Crippen molar-refractivity contribution >= 4 is 18.1 Å². The van der Waals surface area contributed by atoms with E-state index in [4.69, 9.17) is 23.9 Å². The molecular weight excluding hydrogens is 432 g/mol. The van der Waals surface area contributed by atoms with Gasteiger partial charge in [0, 0.05) is 18.8 Å². The summed E-state index contributed by atoms with van der Waals surface area (Å²) in [7, 11) is 4.87. The van der Waals surface area contributed by atoms with Crippen molar-refractivity contribution in [3.8, 4) is 22.6 Å². The molecule has 0 N–H and O–H groups in total. The monoisotopic (exact) mass is 466 g/mol. The Balaban J connectivity index is 2.08. The van der Waals surface area contributed by atoms with Crippen LogP contribution in [-0.2, 0) is 9.47 Å². The molecule has 34 heavy (non-hydrogen) atoms. The second-order valence-corrected chi connectivity index (χ2v) is 9.77. The summed E-state index contributed by atoms with van der Waals surface area (Å²) >= 11 is 0. The second-order valence-electron chi connectivity index (χ2n) is 9.77. The summed E-state index contributed by atoms with van der Waals surface area (Å²) in [6.45, 7) is 10.1. The van der Waals surface area contributed by atoms with Gasteiger partial charge in [-0.3, -0.25) is 4.90 Å². The SMILES string of the molecule is COc1cc(C2=NC(C)(C)CO2)c(-c2ccccc2/C=C/N(C)C(=O)OC(C)(C)C)cc1OC. The minimum absolute atomic E-state index is 0.310. The largest absolute Gasteiger partial charge is 0.493 e. The molecule has 182 valence electrons. The van der Waals surface area contributed by atoms with Crippen molar-refractivity contribution in [2.75, 3.05) is 27.9 Å². The number of amides is 1. The summed E-state index contributed by atoms with van der Waals surface area (Å²) in [6.07, 6.45) is 3.14. The predicted octanol–water partition coefficient (Wildman–Crippen LogP) is 5.76. The molecule has 0 unspecified atom stereocenters. The van der Waals surface area contributed by atoms with Gasteiger partial charge in [-0.2, -0.15) is 0 Å². The molecule has 0 saturated heterocycles. The van der Waals surface area contributed by atoms with Crippen molar-refractivity contribution in [1.82, 2.24) is 4.90 Å². The molecule has 7 heteroatoms. The van der Waals surface area contributed by atoms with Gasteiger partial charge in [0.05, 0.1) is 19.8 Å². The quantitative estimate of drug-likeness (QED) is 0.541. The Kier molecular flexibility index (Phi) is 7.24. The molecule has 1 aliphatic heterocycles. The third-order valence-corrected chi connectivity index (χ3v) is 5.13. The molecule has 0 fully saturated rings. The molecule has 0 aromatic heterocycles. The van der Waals surface area contributed by atoms with Crippen LogP contribution >= 0.6 is 0 Å². The van der Waals surface area contributed by atoms with Crippen LogP contribution in [-0.4, -0.2) is 55.9 Å². The molecule has 0 saturated carbocycles. The molecule has 0 atom stereocenters. The lowest BCUT2D eigenvalue weighted by Crippen LogP contribution is -2.31. The van der Waals surface area contributed by atoms with E-state index in [1.165, 1.54) is 4.90 Å². The van der Waals surface area contributed by atoms with Crippen LogP contribution in [0.1, 0.15) is 45.7 Å². The number of ether oxygens (including phenoxy) is 4. The molecule has 1 heterocycles. The summed E-state index contributed by atoms with van der Waals surface area (Å²) in [5.74, 6) is 1.75. The van der Waals surface area contributed by atoms with E-state index in [9.17, 15) is 4.79 Å². The number of hydrogen-bond donors (Lipinski definition) is 0. The minimum Gasteiger partial charge on any atom is -0.493 e. The molecule has 1 aliphatic rings. The van der Waals surface area contributed by atoms with E-state index >= 15 is 0 Å². The van der Waals surface area contributed by atoms with Crippen LogP contribution in [0.3, 0.4) is 0 Å². The zero-order valence-electron chi connectivity index (χ0n) is 21.3. The lowest BCUT2D eigenvalue weighted by Gasteiger charge is -2.22. The van der Waals surface area contributed by atoms with Crippen molar-refractivity contribution in [2.45, 2.75) is 45.8 Å². The fraction of sp³-hybridized carbons (Fsp3) is 0.407. The summed E-state index contributed by atoms with van der Waals surface area (Å²) < 4.78 is 22.5. The maximum Gasteiger partial charge on any atom is 0.414 e. The van der Waals surface area contributed by atoms with E-state index in [1.54, 1.807) is 27.5 Å². The number of nitrogens with zero attached hydrogens (tertiary/aromatic N) is 2. The summed E-state index contributed by atoms with van der Waals surface area (Å²) in [5, 5.41) is 0. The molecule has 0 bridgehead atoms. The van der Waals surface area contributed by atoms with Crippen LogP contribution in [0.2, 0.25) is 0 Å². The fourth-order valence-corrected chi connectivity index (χ4v) is 3.48. The van der Waals surface area contributed by atoms with E-state index in [1.807, 2.05) is 77.1 Å². The van der Waals surface area contributed by atoms with Crippen molar-refractivity contribution in [3.63, 3.8) is 0 Å². The van der Waals surface area contributed by atoms with Crippen molar-refractivity contribution in [3.05, 3.63) is 53.7 Å². The van der Waals surface area contributed by atoms with Gasteiger partial charge in [-0.1, -0.05) is 24.3 Å². The van der Waals surface area contributed by atoms with Crippen LogP contribution < -0.4 is 9.47 Å². The van der Waals surface area contributed by atoms with Crippen LogP contribution in [0.4, 0.5) is 4.79 Å². The van der Waals surface area contributed by atoms with E-state index < -0.39 is 11.7 Å². The van der Waals surface area contributed by atoms with Gasteiger partial charge in [0.15, 0.2) is 11.5 Å². The molecule has 1 amide bonds. The van der Waals surface area contributed by atoms with Gasteiger partial charge in [-0.05, 0) is 69.5 Å². The van der Waals surface area contributed by atoms with E-state index in [0.29, 0.717) is 24.0 Å². The van der Waals surface area contributed by atoms with Gasteiger partial charge in [0.25, 0.3) is 0 Å². The third kappa shape index (κ3) is 5.90. The molecule has 3 rings (SSSR count). The smallest absolute Gasteiger partial charge is 0.414 e. The minimum atomic E-state index is -0.568. The first-order valence-corrected chi connectivity index (χ1v) is 11.2. The van der Waals surface area contributed by atoms with Crippen molar-refractivity contribution in [1.29, 1.82) is 0 Å². The zero-order chi connectivity index (χ0) is 25.1. The second kappa shape index (κ2) is 9.79. The average Bonchev–Trinajstić information content (AvgIpc) is 3.15. The van der Waals surface area contributed by atoms with Crippen molar-refractivity contribution < 1.29 is 23.7 Å². The number of hydrogen-bond acceptors (Lipinski definition) is 6. The Morgan fingerprint density at radius 3 is 2.24 bits per heavy atom.